The van der Waals surface area contributed by atoms with Gasteiger partial charge in [0.25, 0.3) is 0 Å². The van der Waals surface area contributed by atoms with Gasteiger partial charge in [-0.15, -0.1) is 5.73 Å². The Hall–Kier alpha value is -1.01. The predicted octanol–water partition coefficient (Wildman–Crippen LogP) is 5.67. The largest absolute Gasteiger partial charge is 0.462 e. The number of hydrogen-bond acceptors (Lipinski definition) is 2. The van der Waals surface area contributed by atoms with E-state index in [0.29, 0.717) is 18.3 Å². The van der Waals surface area contributed by atoms with Crippen molar-refractivity contribution in [2.45, 2.75) is 86.2 Å². The zero-order chi connectivity index (χ0) is 16.3. The quantitative estimate of drug-likeness (QED) is 0.383. The average Bonchev–Trinajstić information content (AvgIpc) is 2.42. The highest BCUT2D eigenvalue weighted by atomic mass is 16.5. The highest BCUT2D eigenvalue weighted by Crippen LogP contribution is 2.12. The van der Waals surface area contributed by atoms with E-state index in [1.807, 2.05) is 6.92 Å². The van der Waals surface area contributed by atoms with E-state index in [0.717, 1.165) is 12.8 Å². The molecule has 0 aliphatic rings. The Morgan fingerprint density at radius 3 is 2.38 bits per heavy atom. The molecule has 0 aromatic heterocycles. The summed E-state index contributed by atoms with van der Waals surface area (Å²) in [5.41, 5.74) is 4.59. The maximum absolute atomic E-state index is 11.7. The SMILES string of the molecule is CCCCC(C)C=C=C(C)CCCC(=O)OC(C)C(C)C. The lowest BCUT2D eigenvalue weighted by molar-refractivity contribution is -0.150. The topological polar surface area (TPSA) is 26.3 Å². The fraction of sp³-hybridized carbons (Fsp3) is 0.789. The molecule has 21 heavy (non-hydrogen) atoms. The second-order valence-corrected chi connectivity index (χ2v) is 6.50. The first-order valence-corrected chi connectivity index (χ1v) is 8.48. The molecule has 0 radical (unpaired) electrons. The molecule has 2 unspecified atom stereocenters. The van der Waals surface area contributed by atoms with Crippen LogP contribution in [0.4, 0.5) is 0 Å². The second kappa shape index (κ2) is 11.6. The molecular formula is C19H34O2. The number of ether oxygens (including phenoxy) is 1. The van der Waals surface area contributed by atoms with Crippen LogP contribution in [0.25, 0.3) is 0 Å². The molecule has 0 saturated carbocycles. The van der Waals surface area contributed by atoms with E-state index in [4.69, 9.17) is 4.74 Å². The van der Waals surface area contributed by atoms with Crippen molar-refractivity contribution in [2.24, 2.45) is 11.8 Å². The van der Waals surface area contributed by atoms with Gasteiger partial charge < -0.3 is 4.74 Å². The lowest BCUT2D eigenvalue weighted by Crippen LogP contribution is -2.19. The zero-order valence-corrected chi connectivity index (χ0v) is 14.9. The fourth-order valence-corrected chi connectivity index (χ4v) is 1.87. The van der Waals surface area contributed by atoms with E-state index < -0.39 is 0 Å². The smallest absolute Gasteiger partial charge is 0.306 e. The first-order chi connectivity index (χ1) is 9.86. The van der Waals surface area contributed by atoms with Crippen LogP contribution in [0.2, 0.25) is 0 Å². The van der Waals surface area contributed by atoms with Crippen LogP contribution in [0.3, 0.4) is 0 Å². The first kappa shape index (κ1) is 20.0. The molecule has 0 aliphatic heterocycles. The maximum atomic E-state index is 11.7. The van der Waals surface area contributed by atoms with Gasteiger partial charge in [0, 0.05) is 6.42 Å². The molecule has 0 saturated heterocycles. The third-order valence-electron chi connectivity index (χ3n) is 3.82. The minimum absolute atomic E-state index is 0.00782. The van der Waals surface area contributed by atoms with Crippen LogP contribution in [0.15, 0.2) is 17.4 Å². The molecule has 0 amide bonds. The number of unbranched alkanes of at least 4 members (excludes halogenated alkanes) is 1. The summed E-state index contributed by atoms with van der Waals surface area (Å²) in [6.07, 6.45) is 8.20. The van der Waals surface area contributed by atoms with Gasteiger partial charge in [-0.2, -0.15) is 0 Å². The molecule has 122 valence electrons. The summed E-state index contributed by atoms with van der Waals surface area (Å²) >= 11 is 0. The van der Waals surface area contributed by atoms with Crippen molar-refractivity contribution >= 4 is 5.97 Å². The standard InChI is InChI=1S/C19H34O2/c1-7-8-10-16(4)13-14-17(5)11-9-12-19(20)21-18(6)15(2)3/h13,15-16,18H,7-12H2,1-6H3. The maximum Gasteiger partial charge on any atom is 0.306 e. The van der Waals surface area contributed by atoms with E-state index in [2.05, 4.69) is 46.4 Å². The summed E-state index contributed by atoms with van der Waals surface area (Å²) < 4.78 is 5.36. The van der Waals surface area contributed by atoms with Gasteiger partial charge in [-0.1, -0.05) is 40.5 Å². The number of carbonyl (C=O) groups is 1. The second-order valence-electron chi connectivity index (χ2n) is 6.50. The van der Waals surface area contributed by atoms with Crippen molar-refractivity contribution in [1.82, 2.24) is 0 Å². The summed E-state index contributed by atoms with van der Waals surface area (Å²) in [6, 6.07) is 0. The van der Waals surface area contributed by atoms with Gasteiger partial charge in [0.05, 0.1) is 0 Å². The summed E-state index contributed by atoms with van der Waals surface area (Å²) in [4.78, 5) is 11.7. The summed E-state index contributed by atoms with van der Waals surface area (Å²) in [5, 5.41) is 0. The van der Waals surface area contributed by atoms with Crippen LogP contribution in [-0.2, 0) is 9.53 Å². The van der Waals surface area contributed by atoms with E-state index in [-0.39, 0.29) is 12.1 Å². The molecule has 2 atom stereocenters. The van der Waals surface area contributed by atoms with Crippen LogP contribution in [0.1, 0.15) is 80.1 Å². The van der Waals surface area contributed by atoms with Gasteiger partial charge >= 0.3 is 5.97 Å². The van der Waals surface area contributed by atoms with Crippen molar-refractivity contribution < 1.29 is 9.53 Å². The van der Waals surface area contributed by atoms with Crippen LogP contribution < -0.4 is 0 Å². The minimum atomic E-state index is -0.0794. The Morgan fingerprint density at radius 1 is 1.14 bits per heavy atom. The molecule has 0 aromatic rings. The van der Waals surface area contributed by atoms with Gasteiger partial charge in [0.1, 0.15) is 6.10 Å². The lowest BCUT2D eigenvalue weighted by atomic mass is 10.0. The number of esters is 1. The van der Waals surface area contributed by atoms with Gasteiger partial charge in [-0.05, 0) is 56.6 Å². The van der Waals surface area contributed by atoms with Gasteiger partial charge in [-0.25, -0.2) is 0 Å². The van der Waals surface area contributed by atoms with Gasteiger partial charge in [0.15, 0.2) is 0 Å². The molecule has 0 rings (SSSR count). The van der Waals surface area contributed by atoms with Gasteiger partial charge in [0.2, 0.25) is 0 Å². The third kappa shape index (κ3) is 11.3. The van der Waals surface area contributed by atoms with Crippen LogP contribution >= 0.6 is 0 Å². The van der Waals surface area contributed by atoms with Gasteiger partial charge in [-0.3, -0.25) is 4.79 Å². The monoisotopic (exact) mass is 294 g/mol. The molecule has 0 spiro atoms. The van der Waals surface area contributed by atoms with Crippen molar-refractivity contribution in [1.29, 1.82) is 0 Å². The first-order valence-electron chi connectivity index (χ1n) is 8.48. The summed E-state index contributed by atoms with van der Waals surface area (Å²) in [6.45, 7) is 12.6. The summed E-state index contributed by atoms with van der Waals surface area (Å²) in [7, 11) is 0. The lowest BCUT2D eigenvalue weighted by Gasteiger charge is -2.16. The number of hydrogen-bond donors (Lipinski definition) is 0. The highest BCUT2D eigenvalue weighted by Gasteiger charge is 2.12. The molecule has 0 heterocycles. The van der Waals surface area contributed by atoms with Crippen molar-refractivity contribution in [3.63, 3.8) is 0 Å². The average molecular weight is 294 g/mol. The van der Waals surface area contributed by atoms with E-state index in [1.165, 1.54) is 24.8 Å². The molecule has 0 fully saturated rings. The Kier molecular flexibility index (Phi) is 11.1. The summed E-state index contributed by atoms with van der Waals surface area (Å²) in [5.74, 6) is 0.893. The molecule has 0 aliphatic carbocycles. The number of allylic oxidation sites excluding steroid dienone is 1. The molecule has 0 aromatic carbocycles. The van der Waals surface area contributed by atoms with Crippen LogP contribution in [-0.4, -0.2) is 12.1 Å². The Morgan fingerprint density at radius 2 is 1.81 bits per heavy atom. The Balaban J connectivity index is 3.99. The number of rotatable bonds is 10. The minimum Gasteiger partial charge on any atom is -0.462 e. The fourth-order valence-electron chi connectivity index (χ4n) is 1.87. The Labute approximate surface area is 131 Å². The molecule has 2 heteroatoms. The zero-order valence-electron chi connectivity index (χ0n) is 14.9. The van der Waals surface area contributed by atoms with Crippen molar-refractivity contribution in [3.05, 3.63) is 17.4 Å². The highest BCUT2D eigenvalue weighted by molar-refractivity contribution is 5.69. The number of carbonyl (C=O) groups excluding carboxylic acids is 1. The molecule has 0 N–H and O–H groups in total. The molecule has 2 nitrogen and oxygen atoms in total. The van der Waals surface area contributed by atoms with Crippen molar-refractivity contribution in [3.8, 4) is 0 Å². The van der Waals surface area contributed by atoms with Crippen LogP contribution in [0, 0.1) is 11.8 Å². The third-order valence-corrected chi connectivity index (χ3v) is 3.82. The van der Waals surface area contributed by atoms with E-state index in [1.54, 1.807) is 0 Å². The normalized spacial score (nSPS) is 13.5. The van der Waals surface area contributed by atoms with E-state index in [9.17, 15) is 4.79 Å². The van der Waals surface area contributed by atoms with Crippen molar-refractivity contribution in [2.75, 3.05) is 0 Å². The molecule has 0 bridgehead atoms. The molecular weight excluding hydrogens is 260 g/mol. The Bertz CT molecular complexity index is 349. The van der Waals surface area contributed by atoms with Crippen LogP contribution in [0.5, 0.6) is 0 Å². The predicted molar refractivity (Wildman–Crippen MR) is 90.2 cm³/mol. The van der Waals surface area contributed by atoms with E-state index >= 15 is 0 Å².